The van der Waals surface area contributed by atoms with Crippen molar-refractivity contribution in [3.8, 4) is 0 Å². The van der Waals surface area contributed by atoms with Gasteiger partial charge in [0.2, 0.25) is 0 Å². The summed E-state index contributed by atoms with van der Waals surface area (Å²) in [6.07, 6.45) is 0. The van der Waals surface area contributed by atoms with Gasteiger partial charge in [0.05, 0.1) is 0 Å². The van der Waals surface area contributed by atoms with Gasteiger partial charge in [-0.2, -0.15) is 17.0 Å². The van der Waals surface area contributed by atoms with Gasteiger partial charge in [-0.25, -0.2) is 0 Å². The van der Waals surface area contributed by atoms with E-state index in [0.29, 0.717) is 19.6 Å². The van der Waals surface area contributed by atoms with Gasteiger partial charge in [0, 0.05) is 31.2 Å². The number of benzene rings is 1. The molecule has 0 N–H and O–H groups in total. The average molecular weight is 319 g/mol. The van der Waals surface area contributed by atoms with Crippen molar-refractivity contribution >= 4 is 26.1 Å². The predicted molar refractivity (Wildman–Crippen MR) is 70.8 cm³/mol. The molecule has 1 saturated heterocycles. The second-order valence-electron chi connectivity index (χ2n) is 4.23. The smallest absolute Gasteiger partial charge is 0.195 e. The molecular formula is C11H15BrN2O2S. The molecule has 0 aliphatic carbocycles. The summed E-state index contributed by atoms with van der Waals surface area (Å²) < 4.78 is 27.7. The van der Waals surface area contributed by atoms with E-state index in [1.54, 1.807) is 7.05 Å². The molecule has 4 nitrogen and oxygen atoms in total. The summed E-state index contributed by atoms with van der Waals surface area (Å²) >= 11 is 3.40. The van der Waals surface area contributed by atoms with E-state index in [2.05, 4.69) is 15.9 Å². The third-order valence-electron chi connectivity index (χ3n) is 2.83. The third kappa shape index (κ3) is 2.88. The highest BCUT2D eigenvalue weighted by Gasteiger charge is 2.35. The van der Waals surface area contributed by atoms with Crippen LogP contribution >= 0.6 is 15.9 Å². The summed E-state index contributed by atoms with van der Waals surface area (Å²) in [5, 5.41) is 0. The first-order chi connectivity index (χ1) is 7.91. The normalized spacial score (nSPS) is 16.5. The maximum absolute atomic E-state index is 11.9. The van der Waals surface area contributed by atoms with Crippen LogP contribution in [0.15, 0.2) is 22.7 Å². The highest BCUT2D eigenvalue weighted by atomic mass is 79.9. The third-order valence-corrected chi connectivity index (χ3v) is 5.26. The molecule has 17 heavy (non-hydrogen) atoms. The Morgan fingerprint density at radius 2 is 2.06 bits per heavy atom. The van der Waals surface area contributed by atoms with Crippen LogP contribution in [0.25, 0.3) is 0 Å². The summed E-state index contributed by atoms with van der Waals surface area (Å²) in [6, 6.07) is 5.90. The van der Waals surface area contributed by atoms with E-state index < -0.39 is 10.2 Å². The molecule has 0 aromatic heterocycles. The molecule has 1 fully saturated rings. The van der Waals surface area contributed by atoms with Crippen molar-refractivity contribution in [1.82, 2.24) is 8.61 Å². The molecule has 94 valence electrons. The molecule has 0 saturated carbocycles. The Labute approximate surface area is 111 Å². The van der Waals surface area contributed by atoms with E-state index >= 15 is 0 Å². The lowest BCUT2D eigenvalue weighted by atomic mass is 10.1. The molecule has 0 atom stereocenters. The van der Waals surface area contributed by atoms with Gasteiger partial charge in [0.25, 0.3) is 10.2 Å². The first kappa shape index (κ1) is 13.0. The lowest BCUT2D eigenvalue weighted by Gasteiger charge is -2.18. The van der Waals surface area contributed by atoms with E-state index in [1.807, 2.05) is 25.1 Å². The van der Waals surface area contributed by atoms with Gasteiger partial charge in [-0.1, -0.05) is 22.0 Å². The summed E-state index contributed by atoms with van der Waals surface area (Å²) in [6.45, 7) is 3.68. The van der Waals surface area contributed by atoms with Crippen LogP contribution in [0.5, 0.6) is 0 Å². The largest absolute Gasteiger partial charge is 0.282 e. The monoisotopic (exact) mass is 318 g/mol. The van der Waals surface area contributed by atoms with Crippen LogP contribution < -0.4 is 0 Å². The van der Waals surface area contributed by atoms with Crippen molar-refractivity contribution in [2.75, 3.05) is 20.1 Å². The summed E-state index contributed by atoms with van der Waals surface area (Å²) in [4.78, 5) is 0. The standard InChI is InChI=1S/C11H15BrN2O2S/c1-9-3-4-11(12)7-10(9)8-13(2)17(15,16)14-5-6-14/h3-4,7H,5-6,8H2,1-2H3. The minimum atomic E-state index is -3.24. The van der Waals surface area contributed by atoms with Gasteiger partial charge in [-0.3, -0.25) is 0 Å². The molecule has 0 bridgehead atoms. The fraction of sp³-hybridized carbons (Fsp3) is 0.455. The number of rotatable bonds is 4. The first-order valence-corrected chi connectivity index (χ1v) is 7.56. The van der Waals surface area contributed by atoms with E-state index in [9.17, 15) is 8.42 Å². The van der Waals surface area contributed by atoms with Crippen molar-refractivity contribution in [2.24, 2.45) is 0 Å². The molecular weight excluding hydrogens is 304 g/mol. The van der Waals surface area contributed by atoms with E-state index in [1.165, 1.54) is 8.61 Å². The fourth-order valence-electron chi connectivity index (χ4n) is 1.60. The van der Waals surface area contributed by atoms with Crippen molar-refractivity contribution in [3.63, 3.8) is 0 Å². The van der Waals surface area contributed by atoms with Crippen LogP contribution in [0, 0.1) is 6.92 Å². The Kier molecular flexibility index (Phi) is 3.58. The van der Waals surface area contributed by atoms with Gasteiger partial charge < -0.3 is 0 Å². The Bertz CT molecular complexity index is 526. The summed E-state index contributed by atoms with van der Waals surface area (Å²) in [5.74, 6) is 0. The summed E-state index contributed by atoms with van der Waals surface area (Å²) in [5.41, 5.74) is 2.12. The Balaban J connectivity index is 2.18. The zero-order chi connectivity index (χ0) is 12.6. The fourth-order valence-corrected chi connectivity index (χ4v) is 3.25. The average Bonchev–Trinajstić information content (AvgIpc) is 3.07. The van der Waals surface area contributed by atoms with Crippen LogP contribution in [-0.2, 0) is 16.8 Å². The minimum Gasteiger partial charge on any atom is -0.195 e. The molecule has 2 rings (SSSR count). The van der Waals surface area contributed by atoms with E-state index in [-0.39, 0.29) is 0 Å². The maximum atomic E-state index is 11.9. The Morgan fingerprint density at radius 1 is 1.41 bits per heavy atom. The van der Waals surface area contributed by atoms with Gasteiger partial charge in [0.1, 0.15) is 0 Å². The number of aryl methyl sites for hydroxylation is 1. The number of nitrogens with zero attached hydrogens (tertiary/aromatic N) is 2. The van der Waals surface area contributed by atoms with Crippen molar-refractivity contribution in [2.45, 2.75) is 13.5 Å². The molecule has 0 amide bonds. The second kappa shape index (κ2) is 4.68. The quantitative estimate of drug-likeness (QED) is 0.793. The van der Waals surface area contributed by atoms with Gasteiger partial charge in [0.15, 0.2) is 0 Å². The molecule has 0 radical (unpaired) electrons. The minimum absolute atomic E-state index is 0.407. The van der Waals surface area contributed by atoms with Crippen LogP contribution in [0.4, 0.5) is 0 Å². The molecule has 0 spiro atoms. The lowest BCUT2D eigenvalue weighted by Crippen LogP contribution is -2.32. The van der Waals surface area contributed by atoms with Crippen LogP contribution in [0.1, 0.15) is 11.1 Å². The Hall–Kier alpha value is -0.430. The molecule has 1 heterocycles. The summed E-state index contributed by atoms with van der Waals surface area (Å²) in [7, 11) is -1.62. The maximum Gasteiger partial charge on any atom is 0.282 e. The van der Waals surface area contributed by atoms with Gasteiger partial charge in [-0.15, -0.1) is 0 Å². The van der Waals surface area contributed by atoms with Crippen LogP contribution in [-0.4, -0.2) is 37.2 Å². The molecule has 1 aliphatic heterocycles. The molecule has 0 unspecified atom stereocenters. The topological polar surface area (TPSA) is 40.4 Å². The van der Waals surface area contributed by atoms with E-state index in [0.717, 1.165) is 15.6 Å². The molecule has 6 heteroatoms. The molecule has 1 aromatic carbocycles. The molecule has 1 aromatic rings. The van der Waals surface area contributed by atoms with Crippen molar-refractivity contribution < 1.29 is 8.42 Å². The number of hydrogen-bond donors (Lipinski definition) is 0. The zero-order valence-electron chi connectivity index (χ0n) is 9.85. The van der Waals surface area contributed by atoms with Crippen molar-refractivity contribution in [1.29, 1.82) is 0 Å². The van der Waals surface area contributed by atoms with Crippen LogP contribution in [0.2, 0.25) is 0 Å². The Morgan fingerprint density at radius 3 is 2.65 bits per heavy atom. The highest BCUT2D eigenvalue weighted by molar-refractivity contribution is 9.10. The van der Waals surface area contributed by atoms with Gasteiger partial charge in [-0.05, 0) is 30.2 Å². The highest BCUT2D eigenvalue weighted by Crippen LogP contribution is 2.21. The van der Waals surface area contributed by atoms with Gasteiger partial charge >= 0.3 is 0 Å². The van der Waals surface area contributed by atoms with E-state index in [4.69, 9.17) is 0 Å². The first-order valence-electron chi connectivity index (χ1n) is 5.37. The SMILES string of the molecule is Cc1ccc(Br)cc1CN(C)S(=O)(=O)N1CC1. The zero-order valence-corrected chi connectivity index (χ0v) is 12.3. The number of hydrogen-bond acceptors (Lipinski definition) is 2. The molecule has 1 aliphatic rings. The number of halogens is 1. The van der Waals surface area contributed by atoms with Crippen LogP contribution in [0.3, 0.4) is 0 Å². The predicted octanol–water partition coefficient (Wildman–Crippen LogP) is 1.75. The lowest BCUT2D eigenvalue weighted by molar-refractivity contribution is 0.439. The van der Waals surface area contributed by atoms with Crippen molar-refractivity contribution in [3.05, 3.63) is 33.8 Å². The second-order valence-corrected chi connectivity index (χ2v) is 7.18.